The van der Waals surface area contributed by atoms with Crippen molar-refractivity contribution in [3.05, 3.63) is 74.6 Å². The van der Waals surface area contributed by atoms with Gasteiger partial charge in [0.05, 0.1) is 36.8 Å². The van der Waals surface area contributed by atoms with Crippen LogP contribution in [0.2, 0.25) is 5.02 Å². The Morgan fingerprint density at radius 1 is 1.06 bits per heavy atom. The lowest BCUT2D eigenvalue weighted by Gasteiger charge is -2.29. The first-order chi connectivity index (χ1) is 17.1. The smallest absolute Gasteiger partial charge is 0.290 e. The molecule has 0 bridgehead atoms. The summed E-state index contributed by atoms with van der Waals surface area (Å²) in [4.78, 5) is 31.3. The van der Waals surface area contributed by atoms with Gasteiger partial charge in [-0.2, -0.15) is 0 Å². The Kier molecular flexibility index (Phi) is 7.09. The molecule has 1 saturated heterocycles. The average molecular weight is 497 g/mol. The van der Waals surface area contributed by atoms with Crippen molar-refractivity contribution in [2.24, 2.45) is 0 Å². The fraction of sp³-hybridized carbons (Fsp3) is 0.407. The molecule has 2 aliphatic heterocycles. The van der Waals surface area contributed by atoms with Crippen molar-refractivity contribution in [1.82, 2.24) is 9.80 Å². The molecule has 7 nitrogen and oxygen atoms in total. The summed E-state index contributed by atoms with van der Waals surface area (Å²) in [6.07, 6.45) is 1.70. The van der Waals surface area contributed by atoms with Crippen molar-refractivity contribution in [1.29, 1.82) is 0 Å². The van der Waals surface area contributed by atoms with Crippen LogP contribution in [-0.2, 0) is 4.74 Å². The first-order valence-electron chi connectivity index (χ1n) is 12.2. The molecule has 1 atom stereocenters. The molecule has 0 saturated carbocycles. The van der Waals surface area contributed by atoms with Crippen LogP contribution in [0.25, 0.3) is 11.0 Å². The number of carbonyl (C=O) groups is 1. The molecule has 1 amide bonds. The maximum atomic E-state index is 13.6. The van der Waals surface area contributed by atoms with E-state index >= 15 is 0 Å². The first-order valence-corrected chi connectivity index (χ1v) is 12.5. The summed E-state index contributed by atoms with van der Waals surface area (Å²) in [7, 11) is 0. The molecule has 35 heavy (non-hydrogen) atoms. The fourth-order valence-electron chi connectivity index (χ4n) is 4.83. The Bertz CT molecular complexity index is 1270. The van der Waals surface area contributed by atoms with Crippen LogP contribution in [0.5, 0.6) is 5.75 Å². The van der Waals surface area contributed by atoms with E-state index in [1.165, 1.54) is 0 Å². The van der Waals surface area contributed by atoms with E-state index in [2.05, 4.69) is 11.8 Å². The van der Waals surface area contributed by atoms with Gasteiger partial charge in [-0.15, -0.1) is 0 Å². The van der Waals surface area contributed by atoms with Crippen molar-refractivity contribution >= 4 is 28.5 Å². The molecule has 2 aromatic carbocycles. The average Bonchev–Trinajstić information content (AvgIpc) is 3.16. The molecule has 8 heteroatoms. The van der Waals surface area contributed by atoms with Gasteiger partial charge in [0.25, 0.3) is 5.91 Å². The molecule has 0 spiro atoms. The number of hydrogen-bond acceptors (Lipinski definition) is 6. The number of ether oxygens (including phenoxy) is 2. The zero-order valence-electron chi connectivity index (χ0n) is 19.8. The molecule has 5 rings (SSSR count). The van der Waals surface area contributed by atoms with Crippen LogP contribution in [0, 0.1) is 0 Å². The van der Waals surface area contributed by atoms with E-state index in [-0.39, 0.29) is 17.1 Å². The summed E-state index contributed by atoms with van der Waals surface area (Å²) in [5.74, 6) is 0.621. The minimum atomic E-state index is -0.526. The van der Waals surface area contributed by atoms with Crippen LogP contribution in [0.1, 0.15) is 47.5 Å². The van der Waals surface area contributed by atoms with Crippen molar-refractivity contribution in [3.8, 4) is 5.75 Å². The lowest BCUT2D eigenvalue weighted by atomic mass is 9.98. The van der Waals surface area contributed by atoms with Gasteiger partial charge in [-0.3, -0.25) is 14.5 Å². The number of rotatable bonds is 8. The first kappa shape index (κ1) is 23.9. The molecule has 3 aromatic rings. The van der Waals surface area contributed by atoms with Gasteiger partial charge >= 0.3 is 0 Å². The van der Waals surface area contributed by atoms with Crippen LogP contribution in [0.3, 0.4) is 0 Å². The molecule has 2 aliphatic rings. The van der Waals surface area contributed by atoms with E-state index in [1.807, 2.05) is 24.3 Å². The van der Waals surface area contributed by atoms with Gasteiger partial charge in [0.2, 0.25) is 5.76 Å². The molecule has 0 unspecified atom stereocenters. The summed E-state index contributed by atoms with van der Waals surface area (Å²) < 4.78 is 17.2. The quantitative estimate of drug-likeness (QED) is 0.457. The molecular weight excluding hydrogens is 468 g/mol. The highest BCUT2D eigenvalue weighted by atomic mass is 35.5. The van der Waals surface area contributed by atoms with Crippen molar-refractivity contribution in [3.63, 3.8) is 0 Å². The summed E-state index contributed by atoms with van der Waals surface area (Å²) in [6.45, 7) is 7.31. The number of carbonyl (C=O) groups excluding carboxylic acids is 1. The van der Waals surface area contributed by atoms with Gasteiger partial charge in [0.15, 0.2) is 5.43 Å². The zero-order chi connectivity index (χ0) is 24.4. The Labute approximate surface area is 209 Å². The third kappa shape index (κ3) is 4.81. The Morgan fingerprint density at radius 3 is 2.57 bits per heavy atom. The molecule has 0 aliphatic carbocycles. The van der Waals surface area contributed by atoms with E-state index in [4.69, 9.17) is 25.5 Å². The van der Waals surface area contributed by atoms with Gasteiger partial charge in [-0.25, -0.2) is 0 Å². The van der Waals surface area contributed by atoms with E-state index in [0.29, 0.717) is 34.7 Å². The summed E-state index contributed by atoms with van der Waals surface area (Å²) in [5.41, 5.74) is 1.37. The van der Waals surface area contributed by atoms with Gasteiger partial charge in [-0.05, 0) is 48.7 Å². The Morgan fingerprint density at radius 2 is 1.83 bits per heavy atom. The minimum Gasteiger partial charge on any atom is -0.494 e. The molecule has 0 radical (unpaired) electrons. The predicted octanol–water partition coefficient (Wildman–Crippen LogP) is 4.50. The standard InChI is InChI=1S/C27H29ClN2O5/c1-2-14-34-20-7-4-18(5-8-20)24-23-25(31)21-17-19(28)6-9-22(21)35-26(23)27(32)30(24)11-3-10-29-12-15-33-16-13-29/h4-9,17,24H,2-3,10-16H2,1H3/t24-/m0/s1. The number of amides is 1. The topological polar surface area (TPSA) is 72.2 Å². The van der Waals surface area contributed by atoms with Crippen molar-refractivity contribution in [2.45, 2.75) is 25.8 Å². The van der Waals surface area contributed by atoms with Crippen LogP contribution in [0.4, 0.5) is 0 Å². The molecule has 1 fully saturated rings. The molecule has 0 N–H and O–H groups in total. The van der Waals surface area contributed by atoms with Crippen LogP contribution in [0.15, 0.2) is 51.7 Å². The fourth-order valence-corrected chi connectivity index (χ4v) is 5.00. The number of hydrogen-bond donors (Lipinski definition) is 0. The van der Waals surface area contributed by atoms with Crippen LogP contribution < -0.4 is 10.2 Å². The van der Waals surface area contributed by atoms with E-state index in [9.17, 15) is 9.59 Å². The number of nitrogens with zero attached hydrogens (tertiary/aromatic N) is 2. The number of morpholine rings is 1. The van der Waals surface area contributed by atoms with Crippen LogP contribution in [-0.4, -0.2) is 61.7 Å². The highest BCUT2D eigenvalue weighted by molar-refractivity contribution is 6.31. The van der Waals surface area contributed by atoms with Gasteiger partial charge in [0, 0.05) is 31.2 Å². The Hall–Kier alpha value is -2.87. The lowest BCUT2D eigenvalue weighted by molar-refractivity contribution is 0.0353. The van der Waals surface area contributed by atoms with Crippen molar-refractivity contribution in [2.75, 3.05) is 46.0 Å². The van der Waals surface area contributed by atoms with E-state index in [0.717, 1.165) is 57.0 Å². The largest absolute Gasteiger partial charge is 0.494 e. The predicted molar refractivity (Wildman–Crippen MR) is 134 cm³/mol. The second-order valence-corrected chi connectivity index (χ2v) is 9.38. The maximum absolute atomic E-state index is 13.6. The van der Waals surface area contributed by atoms with Gasteiger partial charge < -0.3 is 18.8 Å². The summed E-state index contributed by atoms with van der Waals surface area (Å²) in [5, 5.41) is 0.831. The second kappa shape index (κ2) is 10.4. The highest BCUT2D eigenvalue weighted by Crippen LogP contribution is 2.39. The minimum absolute atomic E-state index is 0.118. The molecular formula is C27H29ClN2O5. The number of halogens is 1. The van der Waals surface area contributed by atoms with Gasteiger partial charge in [-0.1, -0.05) is 30.7 Å². The normalized spacial score (nSPS) is 18.3. The lowest BCUT2D eigenvalue weighted by Crippen LogP contribution is -2.38. The maximum Gasteiger partial charge on any atom is 0.290 e. The molecule has 184 valence electrons. The SMILES string of the molecule is CCCOc1ccc([C@H]2c3c(oc4ccc(Cl)cc4c3=O)C(=O)N2CCCN2CCOCC2)cc1. The summed E-state index contributed by atoms with van der Waals surface area (Å²) in [6, 6.07) is 12.0. The van der Waals surface area contributed by atoms with Crippen molar-refractivity contribution < 1.29 is 18.7 Å². The van der Waals surface area contributed by atoms with E-state index < -0.39 is 6.04 Å². The number of benzene rings is 2. The highest BCUT2D eigenvalue weighted by Gasteiger charge is 2.42. The molecule has 1 aromatic heterocycles. The van der Waals surface area contributed by atoms with E-state index in [1.54, 1.807) is 23.1 Å². The van der Waals surface area contributed by atoms with Gasteiger partial charge in [0.1, 0.15) is 11.3 Å². The second-order valence-electron chi connectivity index (χ2n) is 8.94. The third-order valence-electron chi connectivity index (χ3n) is 6.57. The number of fused-ring (bicyclic) bond motifs is 2. The Balaban J connectivity index is 1.50. The zero-order valence-corrected chi connectivity index (χ0v) is 20.6. The molecule has 3 heterocycles. The third-order valence-corrected chi connectivity index (χ3v) is 6.81. The monoisotopic (exact) mass is 496 g/mol. The summed E-state index contributed by atoms with van der Waals surface area (Å²) >= 11 is 6.17. The van der Waals surface area contributed by atoms with Crippen LogP contribution >= 0.6 is 11.6 Å².